The molecule has 0 aliphatic rings. The van der Waals surface area contributed by atoms with Gasteiger partial charge in [-0.3, -0.25) is 9.78 Å². The number of fused-ring (bicyclic) bond motifs is 1. The lowest BCUT2D eigenvalue weighted by Gasteiger charge is -2.07. The van der Waals surface area contributed by atoms with Gasteiger partial charge in [0.15, 0.2) is 0 Å². The summed E-state index contributed by atoms with van der Waals surface area (Å²) in [6.07, 6.45) is 3.73. The smallest absolute Gasteiger partial charge is 0.252 e. The minimum atomic E-state index is -0.0248. The van der Waals surface area contributed by atoms with E-state index in [0.717, 1.165) is 29.1 Å². The first kappa shape index (κ1) is 13.0. The Hall–Kier alpha value is -1.42. The molecule has 0 saturated carbocycles. The molecule has 0 radical (unpaired) electrons. The van der Waals surface area contributed by atoms with E-state index in [1.807, 2.05) is 24.3 Å². The van der Waals surface area contributed by atoms with Crippen LogP contribution in [0.1, 0.15) is 23.2 Å². The molecule has 2 aromatic rings. The highest BCUT2D eigenvalue weighted by Crippen LogP contribution is 2.15. The number of hydrogen-bond acceptors (Lipinski definition) is 2. The van der Waals surface area contributed by atoms with E-state index in [1.165, 1.54) is 0 Å². The molecule has 0 bridgehead atoms. The van der Waals surface area contributed by atoms with Crippen molar-refractivity contribution < 1.29 is 4.79 Å². The molecule has 1 amide bonds. The molecule has 0 aliphatic carbocycles. The number of benzene rings is 1. The van der Waals surface area contributed by atoms with Crippen molar-refractivity contribution in [3.05, 3.63) is 42.1 Å². The molecule has 0 atom stereocenters. The quantitative estimate of drug-likeness (QED) is 0.681. The number of rotatable bonds is 5. The van der Waals surface area contributed by atoms with Gasteiger partial charge >= 0.3 is 0 Å². The van der Waals surface area contributed by atoms with Crippen LogP contribution in [0.15, 0.2) is 36.5 Å². The van der Waals surface area contributed by atoms with Crippen molar-refractivity contribution in [1.29, 1.82) is 0 Å². The highest BCUT2D eigenvalue weighted by molar-refractivity contribution is 9.09. The van der Waals surface area contributed by atoms with Crippen LogP contribution in [0.5, 0.6) is 0 Å². The Morgan fingerprint density at radius 2 is 2.06 bits per heavy atom. The lowest BCUT2D eigenvalue weighted by Crippen LogP contribution is -2.24. The summed E-state index contributed by atoms with van der Waals surface area (Å²) >= 11 is 3.37. The molecule has 1 heterocycles. The summed E-state index contributed by atoms with van der Waals surface area (Å²) in [5.41, 5.74) is 1.55. The molecule has 1 N–H and O–H groups in total. The fourth-order valence-corrected chi connectivity index (χ4v) is 2.21. The maximum absolute atomic E-state index is 12.1. The van der Waals surface area contributed by atoms with Crippen molar-refractivity contribution in [2.75, 3.05) is 11.9 Å². The van der Waals surface area contributed by atoms with Gasteiger partial charge in [0.25, 0.3) is 5.91 Å². The van der Waals surface area contributed by atoms with Crippen molar-refractivity contribution in [3.8, 4) is 0 Å². The largest absolute Gasteiger partial charge is 0.352 e. The third-order valence-electron chi connectivity index (χ3n) is 2.74. The Labute approximate surface area is 115 Å². The molecule has 2 rings (SSSR count). The first-order valence-electron chi connectivity index (χ1n) is 6.01. The van der Waals surface area contributed by atoms with Crippen LogP contribution in [0.25, 0.3) is 10.9 Å². The number of amides is 1. The van der Waals surface area contributed by atoms with Crippen LogP contribution < -0.4 is 5.32 Å². The van der Waals surface area contributed by atoms with Crippen LogP contribution in [0.2, 0.25) is 0 Å². The van der Waals surface area contributed by atoms with Crippen molar-refractivity contribution in [2.24, 2.45) is 0 Å². The summed E-state index contributed by atoms with van der Waals surface area (Å²) in [5, 5.41) is 4.81. The number of nitrogens with zero attached hydrogens (tertiary/aromatic N) is 1. The molecule has 1 aromatic heterocycles. The number of alkyl halides is 1. The van der Waals surface area contributed by atoms with Gasteiger partial charge < -0.3 is 5.32 Å². The second-order valence-corrected chi connectivity index (χ2v) is 4.82. The number of para-hydroxylation sites is 1. The van der Waals surface area contributed by atoms with Gasteiger partial charge in [-0.1, -0.05) is 34.1 Å². The number of nitrogens with one attached hydrogen (secondary N) is 1. The molecule has 0 fully saturated rings. The number of aromatic nitrogens is 1. The Balaban J connectivity index is 2.13. The summed E-state index contributed by atoms with van der Waals surface area (Å²) in [6, 6.07) is 9.45. The SMILES string of the molecule is O=C(NCCCCBr)c1ccnc2ccccc12. The van der Waals surface area contributed by atoms with Gasteiger partial charge in [-0.25, -0.2) is 0 Å². The van der Waals surface area contributed by atoms with E-state index in [0.29, 0.717) is 12.1 Å². The van der Waals surface area contributed by atoms with Crippen molar-refractivity contribution in [1.82, 2.24) is 10.3 Å². The van der Waals surface area contributed by atoms with Gasteiger partial charge in [-0.05, 0) is 25.0 Å². The van der Waals surface area contributed by atoms with E-state index in [1.54, 1.807) is 12.3 Å². The molecule has 1 aromatic carbocycles. The molecule has 0 unspecified atom stereocenters. The molecule has 0 spiro atoms. The normalized spacial score (nSPS) is 10.5. The number of unbranched alkanes of at least 4 members (excludes halogenated alkanes) is 1. The van der Waals surface area contributed by atoms with Gasteiger partial charge in [-0.15, -0.1) is 0 Å². The fourth-order valence-electron chi connectivity index (χ4n) is 1.81. The van der Waals surface area contributed by atoms with Gasteiger partial charge in [0.05, 0.1) is 11.1 Å². The summed E-state index contributed by atoms with van der Waals surface area (Å²) in [7, 11) is 0. The second-order valence-electron chi connectivity index (χ2n) is 4.03. The molecule has 18 heavy (non-hydrogen) atoms. The van der Waals surface area contributed by atoms with Gasteiger partial charge in [-0.2, -0.15) is 0 Å². The van der Waals surface area contributed by atoms with E-state index in [9.17, 15) is 4.79 Å². The predicted octanol–water partition coefficient (Wildman–Crippen LogP) is 3.14. The Bertz CT molecular complexity index is 537. The van der Waals surface area contributed by atoms with E-state index in [-0.39, 0.29) is 5.91 Å². The van der Waals surface area contributed by atoms with E-state index < -0.39 is 0 Å². The number of carbonyl (C=O) groups is 1. The molecular weight excluding hydrogens is 292 g/mol. The second kappa shape index (κ2) is 6.50. The zero-order chi connectivity index (χ0) is 12.8. The van der Waals surface area contributed by atoms with Crippen LogP contribution in [0.3, 0.4) is 0 Å². The third-order valence-corrected chi connectivity index (χ3v) is 3.30. The topological polar surface area (TPSA) is 42.0 Å². The Kier molecular flexibility index (Phi) is 4.70. The van der Waals surface area contributed by atoms with Gasteiger partial charge in [0.1, 0.15) is 0 Å². The summed E-state index contributed by atoms with van der Waals surface area (Å²) < 4.78 is 0. The number of carbonyl (C=O) groups excluding carboxylic acids is 1. The predicted molar refractivity (Wildman–Crippen MR) is 77.1 cm³/mol. The van der Waals surface area contributed by atoms with E-state index in [4.69, 9.17) is 0 Å². The minimum Gasteiger partial charge on any atom is -0.352 e. The molecule has 0 saturated heterocycles. The lowest BCUT2D eigenvalue weighted by molar-refractivity contribution is 0.0955. The first-order valence-corrected chi connectivity index (χ1v) is 7.13. The molecule has 4 heteroatoms. The average molecular weight is 307 g/mol. The highest BCUT2D eigenvalue weighted by atomic mass is 79.9. The number of hydrogen-bond donors (Lipinski definition) is 1. The average Bonchev–Trinajstić information content (AvgIpc) is 2.43. The summed E-state index contributed by atoms with van der Waals surface area (Å²) in [6.45, 7) is 0.709. The fraction of sp³-hybridized carbons (Fsp3) is 0.286. The van der Waals surface area contributed by atoms with Gasteiger partial charge in [0.2, 0.25) is 0 Å². The molecule has 94 valence electrons. The van der Waals surface area contributed by atoms with Gasteiger partial charge in [0, 0.05) is 23.5 Å². The van der Waals surface area contributed by atoms with Crippen LogP contribution in [-0.2, 0) is 0 Å². The molecule has 3 nitrogen and oxygen atoms in total. The van der Waals surface area contributed by atoms with E-state index in [2.05, 4.69) is 26.2 Å². The maximum Gasteiger partial charge on any atom is 0.252 e. The van der Waals surface area contributed by atoms with Crippen LogP contribution in [0.4, 0.5) is 0 Å². The lowest BCUT2D eigenvalue weighted by atomic mass is 10.1. The van der Waals surface area contributed by atoms with Crippen LogP contribution in [-0.4, -0.2) is 22.8 Å². The standard InChI is InChI=1S/C14H15BrN2O/c15-8-3-4-9-17-14(18)12-7-10-16-13-6-2-1-5-11(12)13/h1-2,5-7,10H,3-4,8-9H2,(H,17,18). The Morgan fingerprint density at radius 1 is 1.22 bits per heavy atom. The van der Waals surface area contributed by atoms with Crippen LogP contribution >= 0.6 is 15.9 Å². The summed E-state index contributed by atoms with van der Waals surface area (Å²) in [5.74, 6) is -0.0248. The number of halogens is 1. The first-order chi connectivity index (χ1) is 8.83. The zero-order valence-electron chi connectivity index (χ0n) is 10.0. The zero-order valence-corrected chi connectivity index (χ0v) is 11.6. The maximum atomic E-state index is 12.1. The summed E-state index contributed by atoms with van der Waals surface area (Å²) in [4.78, 5) is 16.3. The highest BCUT2D eigenvalue weighted by Gasteiger charge is 2.09. The Morgan fingerprint density at radius 3 is 2.89 bits per heavy atom. The van der Waals surface area contributed by atoms with Crippen molar-refractivity contribution in [3.63, 3.8) is 0 Å². The molecular formula is C14H15BrN2O. The third kappa shape index (κ3) is 3.07. The number of pyridine rings is 1. The van der Waals surface area contributed by atoms with Crippen molar-refractivity contribution in [2.45, 2.75) is 12.8 Å². The van der Waals surface area contributed by atoms with Crippen molar-refractivity contribution >= 4 is 32.7 Å². The molecule has 0 aliphatic heterocycles. The van der Waals surface area contributed by atoms with Crippen LogP contribution in [0, 0.1) is 0 Å². The monoisotopic (exact) mass is 306 g/mol. The minimum absolute atomic E-state index is 0.0248. The van der Waals surface area contributed by atoms with E-state index >= 15 is 0 Å².